The maximum Gasteiger partial charge on any atom is 0.407 e. The Morgan fingerprint density at radius 2 is 1.95 bits per heavy atom. The summed E-state index contributed by atoms with van der Waals surface area (Å²) < 4.78 is 5.03. The molecule has 0 aromatic heterocycles. The minimum atomic E-state index is -0.408. The van der Waals surface area contributed by atoms with Gasteiger partial charge in [-0.1, -0.05) is 24.0 Å². The lowest BCUT2D eigenvalue weighted by atomic mass is 10.1. The van der Waals surface area contributed by atoms with Gasteiger partial charge in [-0.05, 0) is 38.5 Å². The molecular weight excluding hydrogens is 240 g/mol. The quantitative estimate of drug-likeness (QED) is 0.819. The summed E-state index contributed by atoms with van der Waals surface area (Å²) in [6.07, 6.45) is -0.532. The van der Waals surface area contributed by atoms with Gasteiger partial charge in [-0.25, -0.2) is 4.79 Å². The normalized spacial score (nSPS) is 11.4. The third-order valence-electron chi connectivity index (χ3n) is 2.42. The highest BCUT2D eigenvalue weighted by atomic mass is 16.6. The molecule has 0 aliphatic carbocycles. The van der Waals surface area contributed by atoms with Crippen LogP contribution < -0.4 is 11.1 Å². The van der Waals surface area contributed by atoms with Crippen LogP contribution in [0.5, 0.6) is 0 Å². The van der Waals surface area contributed by atoms with E-state index in [9.17, 15) is 4.79 Å². The van der Waals surface area contributed by atoms with Crippen molar-refractivity contribution in [2.75, 3.05) is 6.54 Å². The number of alkyl carbamates (subject to hydrolysis) is 1. The Morgan fingerprint density at radius 1 is 1.32 bits per heavy atom. The highest BCUT2D eigenvalue weighted by molar-refractivity contribution is 5.68. The average Bonchev–Trinajstić information content (AvgIpc) is 2.35. The maximum atomic E-state index is 11.5. The Morgan fingerprint density at radius 3 is 2.47 bits per heavy atom. The van der Waals surface area contributed by atoms with Gasteiger partial charge < -0.3 is 15.8 Å². The van der Waals surface area contributed by atoms with Crippen LogP contribution in [0.3, 0.4) is 0 Å². The molecule has 0 aliphatic heterocycles. The van der Waals surface area contributed by atoms with Crippen LogP contribution in [0.25, 0.3) is 0 Å². The molecule has 0 radical (unpaired) electrons. The number of carbonyl (C=O) groups is 1. The summed E-state index contributed by atoms with van der Waals surface area (Å²) in [4.78, 5) is 11.5. The highest BCUT2D eigenvalue weighted by Gasteiger charge is 2.11. The zero-order valence-electron chi connectivity index (χ0n) is 11.6. The third-order valence-corrected chi connectivity index (χ3v) is 2.42. The SMILES string of the molecule is CC(C)OC(=O)NC(C)c1ccc(C#CCN)cc1. The molecule has 102 valence electrons. The van der Waals surface area contributed by atoms with Crippen molar-refractivity contribution in [3.8, 4) is 11.8 Å². The fraction of sp³-hybridized carbons (Fsp3) is 0.400. The van der Waals surface area contributed by atoms with Crippen LogP contribution in [0.1, 0.15) is 37.9 Å². The lowest BCUT2D eigenvalue weighted by Crippen LogP contribution is -2.29. The minimum absolute atomic E-state index is 0.109. The van der Waals surface area contributed by atoms with Crippen molar-refractivity contribution in [3.05, 3.63) is 35.4 Å². The fourth-order valence-electron chi connectivity index (χ4n) is 1.52. The van der Waals surface area contributed by atoms with E-state index in [0.717, 1.165) is 11.1 Å². The van der Waals surface area contributed by atoms with Gasteiger partial charge in [0.2, 0.25) is 0 Å². The van der Waals surface area contributed by atoms with Crippen molar-refractivity contribution in [2.24, 2.45) is 5.73 Å². The largest absolute Gasteiger partial charge is 0.447 e. The first kappa shape index (κ1) is 15.1. The molecule has 0 aliphatic rings. The monoisotopic (exact) mass is 260 g/mol. The first-order chi connectivity index (χ1) is 9.02. The van der Waals surface area contributed by atoms with Crippen LogP contribution in [0.15, 0.2) is 24.3 Å². The molecule has 0 heterocycles. The summed E-state index contributed by atoms with van der Waals surface area (Å²) in [5.74, 6) is 5.75. The van der Waals surface area contributed by atoms with Crippen molar-refractivity contribution in [3.63, 3.8) is 0 Å². The van der Waals surface area contributed by atoms with Gasteiger partial charge in [0, 0.05) is 5.56 Å². The predicted octanol–water partition coefficient (Wildman–Crippen LogP) is 2.19. The maximum absolute atomic E-state index is 11.5. The van der Waals surface area contributed by atoms with E-state index >= 15 is 0 Å². The number of benzene rings is 1. The smallest absolute Gasteiger partial charge is 0.407 e. The van der Waals surface area contributed by atoms with E-state index in [2.05, 4.69) is 17.2 Å². The highest BCUT2D eigenvalue weighted by Crippen LogP contribution is 2.13. The summed E-state index contributed by atoms with van der Waals surface area (Å²) in [6.45, 7) is 5.88. The molecule has 1 amide bonds. The zero-order chi connectivity index (χ0) is 14.3. The van der Waals surface area contributed by atoms with Crippen molar-refractivity contribution in [2.45, 2.75) is 32.9 Å². The van der Waals surface area contributed by atoms with Crippen molar-refractivity contribution in [1.82, 2.24) is 5.32 Å². The van der Waals surface area contributed by atoms with Gasteiger partial charge in [0.15, 0.2) is 0 Å². The second-order valence-corrected chi connectivity index (χ2v) is 4.45. The van der Waals surface area contributed by atoms with Gasteiger partial charge in [0.25, 0.3) is 0 Å². The Kier molecular flexibility index (Phi) is 5.91. The molecular formula is C15H20N2O2. The van der Waals surface area contributed by atoms with E-state index in [1.807, 2.05) is 45.0 Å². The summed E-state index contributed by atoms with van der Waals surface area (Å²) in [5.41, 5.74) is 7.22. The Balaban J connectivity index is 2.62. The zero-order valence-corrected chi connectivity index (χ0v) is 11.6. The van der Waals surface area contributed by atoms with Crippen molar-refractivity contribution >= 4 is 6.09 Å². The second kappa shape index (κ2) is 7.45. The Labute approximate surface area is 114 Å². The molecule has 4 heteroatoms. The molecule has 0 saturated carbocycles. The van der Waals surface area contributed by atoms with Gasteiger partial charge in [-0.3, -0.25) is 0 Å². The number of nitrogens with two attached hydrogens (primary N) is 1. The molecule has 1 unspecified atom stereocenters. The predicted molar refractivity (Wildman–Crippen MR) is 75.5 cm³/mol. The number of carbonyl (C=O) groups excluding carboxylic acids is 1. The molecule has 1 rings (SSSR count). The molecule has 0 fully saturated rings. The molecule has 3 N–H and O–H groups in total. The van der Waals surface area contributed by atoms with E-state index in [-0.39, 0.29) is 12.1 Å². The van der Waals surface area contributed by atoms with E-state index in [1.54, 1.807) is 0 Å². The molecule has 4 nitrogen and oxygen atoms in total. The van der Waals surface area contributed by atoms with Crippen LogP contribution >= 0.6 is 0 Å². The number of hydrogen-bond acceptors (Lipinski definition) is 3. The molecule has 1 atom stereocenters. The summed E-state index contributed by atoms with van der Waals surface area (Å²) in [7, 11) is 0. The number of amides is 1. The number of hydrogen-bond donors (Lipinski definition) is 2. The van der Waals surface area contributed by atoms with Crippen LogP contribution in [0, 0.1) is 11.8 Å². The van der Waals surface area contributed by atoms with Crippen molar-refractivity contribution < 1.29 is 9.53 Å². The molecule has 19 heavy (non-hydrogen) atoms. The van der Waals surface area contributed by atoms with E-state index < -0.39 is 6.09 Å². The number of ether oxygens (including phenoxy) is 1. The van der Waals surface area contributed by atoms with Gasteiger partial charge >= 0.3 is 6.09 Å². The summed E-state index contributed by atoms with van der Waals surface area (Å²) >= 11 is 0. The standard InChI is InChI=1S/C15H20N2O2/c1-11(2)19-15(18)17-12(3)14-8-6-13(7-9-14)5-4-10-16/h6-9,11-12H,10,16H2,1-3H3,(H,17,18). The summed E-state index contributed by atoms with van der Waals surface area (Å²) in [6, 6.07) is 7.57. The lowest BCUT2D eigenvalue weighted by Gasteiger charge is -2.15. The molecule has 1 aromatic rings. The Bertz CT molecular complexity index is 469. The van der Waals surface area contributed by atoms with E-state index in [4.69, 9.17) is 10.5 Å². The topological polar surface area (TPSA) is 64.3 Å². The van der Waals surface area contributed by atoms with Crippen LogP contribution in [-0.2, 0) is 4.74 Å². The lowest BCUT2D eigenvalue weighted by molar-refractivity contribution is 0.113. The van der Waals surface area contributed by atoms with E-state index in [1.165, 1.54) is 0 Å². The average molecular weight is 260 g/mol. The van der Waals surface area contributed by atoms with Crippen LogP contribution in [0.2, 0.25) is 0 Å². The summed E-state index contributed by atoms with van der Waals surface area (Å²) in [5, 5.41) is 2.77. The second-order valence-electron chi connectivity index (χ2n) is 4.45. The fourth-order valence-corrected chi connectivity index (χ4v) is 1.52. The molecule has 1 aromatic carbocycles. The van der Waals surface area contributed by atoms with Gasteiger partial charge in [-0.15, -0.1) is 0 Å². The van der Waals surface area contributed by atoms with Gasteiger partial charge in [0.1, 0.15) is 0 Å². The molecule has 0 saturated heterocycles. The molecule has 0 bridgehead atoms. The van der Waals surface area contributed by atoms with E-state index in [0.29, 0.717) is 6.54 Å². The molecule has 0 spiro atoms. The van der Waals surface area contributed by atoms with Gasteiger partial charge in [0.05, 0.1) is 18.7 Å². The third kappa shape index (κ3) is 5.45. The number of rotatable bonds is 3. The first-order valence-electron chi connectivity index (χ1n) is 6.29. The van der Waals surface area contributed by atoms with Crippen LogP contribution in [-0.4, -0.2) is 18.7 Å². The van der Waals surface area contributed by atoms with Gasteiger partial charge in [-0.2, -0.15) is 0 Å². The first-order valence-corrected chi connectivity index (χ1v) is 6.29. The number of nitrogens with one attached hydrogen (secondary N) is 1. The van der Waals surface area contributed by atoms with Crippen LogP contribution in [0.4, 0.5) is 4.79 Å². The van der Waals surface area contributed by atoms with Crippen molar-refractivity contribution in [1.29, 1.82) is 0 Å². The Hall–Kier alpha value is -1.99. The minimum Gasteiger partial charge on any atom is -0.447 e.